The highest BCUT2D eigenvalue weighted by Crippen LogP contribution is 2.19. The Hall–Kier alpha value is -2.89. The number of sulfonamides is 1. The zero-order valence-electron chi connectivity index (χ0n) is 16.7. The number of fused-ring (bicyclic) bond motifs is 1. The second-order valence-corrected chi connectivity index (χ2v) is 10.0. The molecule has 162 valence electrons. The van der Waals surface area contributed by atoms with Gasteiger partial charge in [-0.3, -0.25) is 19.0 Å². The van der Waals surface area contributed by atoms with Gasteiger partial charge in [0.2, 0.25) is 15.9 Å². The van der Waals surface area contributed by atoms with Gasteiger partial charge in [0.1, 0.15) is 11.4 Å². The second-order valence-electron chi connectivity index (χ2n) is 7.18. The summed E-state index contributed by atoms with van der Waals surface area (Å²) in [6.45, 7) is 2.04. The van der Waals surface area contributed by atoms with Crippen LogP contribution in [-0.2, 0) is 21.4 Å². The van der Waals surface area contributed by atoms with E-state index in [1.807, 2.05) is 0 Å². The van der Waals surface area contributed by atoms with Gasteiger partial charge in [0.25, 0.3) is 5.56 Å². The zero-order chi connectivity index (χ0) is 22.2. The number of Topliss-reactive ketones (excluding diaryl/α,β-unsaturated/α-hetero) is 1. The Bertz CT molecular complexity index is 1300. The number of ketones is 1. The second kappa shape index (κ2) is 8.33. The van der Waals surface area contributed by atoms with Crippen molar-refractivity contribution in [1.29, 1.82) is 0 Å². The van der Waals surface area contributed by atoms with E-state index in [0.29, 0.717) is 15.8 Å². The number of carbonyl (C=O) groups excluding carboxylic acids is 2. The summed E-state index contributed by atoms with van der Waals surface area (Å²) in [6.07, 6.45) is 1.37. The van der Waals surface area contributed by atoms with Gasteiger partial charge in [-0.25, -0.2) is 13.4 Å². The summed E-state index contributed by atoms with van der Waals surface area (Å²) in [4.78, 5) is 43.0. The van der Waals surface area contributed by atoms with Crippen LogP contribution in [0.3, 0.4) is 0 Å². The zero-order valence-corrected chi connectivity index (χ0v) is 18.4. The Kier molecular flexibility index (Phi) is 5.73. The molecule has 1 fully saturated rings. The summed E-state index contributed by atoms with van der Waals surface area (Å²) < 4.78 is 28.3. The van der Waals surface area contributed by atoms with Crippen molar-refractivity contribution in [2.45, 2.75) is 18.4 Å². The molecule has 0 bridgehead atoms. The lowest BCUT2D eigenvalue weighted by molar-refractivity contribution is -0.133. The van der Waals surface area contributed by atoms with Crippen molar-refractivity contribution >= 4 is 43.3 Å². The highest BCUT2D eigenvalue weighted by Gasteiger charge is 2.30. The van der Waals surface area contributed by atoms with E-state index in [4.69, 9.17) is 0 Å². The summed E-state index contributed by atoms with van der Waals surface area (Å²) in [5, 5.41) is 2.26. The van der Waals surface area contributed by atoms with Crippen molar-refractivity contribution in [2.24, 2.45) is 0 Å². The number of benzene rings is 1. The first kappa shape index (κ1) is 21.3. The van der Waals surface area contributed by atoms with Crippen molar-refractivity contribution in [3.63, 3.8) is 0 Å². The third kappa shape index (κ3) is 4.16. The number of thiophene rings is 1. The number of rotatable bonds is 5. The van der Waals surface area contributed by atoms with Gasteiger partial charge in [0, 0.05) is 31.7 Å². The van der Waals surface area contributed by atoms with Gasteiger partial charge >= 0.3 is 0 Å². The van der Waals surface area contributed by atoms with Crippen molar-refractivity contribution in [1.82, 2.24) is 18.8 Å². The standard InChI is InChI=1S/C20H20N4O5S2/c1-14(25)15-2-4-16(5-3-15)31(28,29)24-9-7-22(8-10-24)18(26)12-23-13-21-19-17(20(23)27)6-11-30-19/h2-6,11,13H,7-10,12H2,1H3. The fourth-order valence-electron chi connectivity index (χ4n) is 3.44. The fourth-order valence-corrected chi connectivity index (χ4v) is 5.59. The van der Waals surface area contributed by atoms with E-state index in [1.54, 1.807) is 16.3 Å². The molecule has 3 heterocycles. The molecule has 0 N–H and O–H groups in total. The van der Waals surface area contributed by atoms with Gasteiger partial charge in [-0.1, -0.05) is 12.1 Å². The minimum atomic E-state index is -3.72. The Morgan fingerprint density at radius 1 is 1.06 bits per heavy atom. The van der Waals surface area contributed by atoms with Crippen LogP contribution >= 0.6 is 11.3 Å². The van der Waals surface area contributed by atoms with Crippen LogP contribution in [0.15, 0.2) is 51.7 Å². The lowest BCUT2D eigenvalue weighted by atomic mass is 10.2. The average molecular weight is 461 g/mol. The fraction of sp³-hybridized carbons (Fsp3) is 0.300. The minimum Gasteiger partial charge on any atom is -0.338 e. The van der Waals surface area contributed by atoms with Gasteiger partial charge in [0.05, 0.1) is 16.6 Å². The number of carbonyl (C=O) groups is 2. The van der Waals surface area contributed by atoms with Crippen LogP contribution in [0, 0.1) is 0 Å². The third-order valence-electron chi connectivity index (χ3n) is 5.25. The maximum absolute atomic E-state index is 12.9. The first-order valence-electron chi connectivity index (χ1n) is 9.59. The Morgan fingerprint density at radius 3 is 2.39 bits per heavy atom. The molecule has 3 aromatic rings. The summed E-state index contributed by atoms with van der Waals surface area (Å²) in [5.74, 6) is -0.398. The van der Waals surface area contributed by atoms with Crippen LogP contribution in [0.5, 0.6) is 0 Å². The molecule has 0 radical (unpaired) electrons. The average Bonchev–Trinajstić information content (AvgIpc) is 3.25. The van der Waals surface area contributed by atoms with Crippen LogP contribution in [0.1, 0.15) is 17.3 Å². The topological polar surface area (TPSA) is 110 Å². The Labute approximate surface area is 182 Å². The highest BCUT2D eigenvalue weighted by atomic mass is 32.2. The van der Waals surface area contributed by atoms with Gasteiger partial charge in [0.15, 0.2) is 5.78 Å². The molecule has 1 saturated heterocycles. The number of nitrogens with zero attached hydrogens (tertiary/aromatic N) is 4. The molecular formula is C20H20N4O5S2. The predicted molar refractivity (Wildman–Crippen MR) is 116 cm³/mol. The van der Waals surface area contributed by atoms with Gasteiger partial charge in [-0.2, -0.15) is 4.31 Å². The SMILES string of the molecule is CC(=O)c1ccc(S(=O)(=O)N2CCN(C(=O)Cn3cnc4sccc4c3=O)CC2)cc1. The largest absolute Gasteiger partial charge is 0.338 e. The number of amides is 1. The monoisotopic (exact) mass is 460 g/mol. The molecule has 11 heteroatoms. The third-order valence-corrected chi connectivity index (χ3v) is 7.98. The molecule has 2 aromatic heterocycles. The molecule has 1 amide bonds. The van der Waals surface area contributed by atoms with E-state index in [1.165, 1.54) is 57.7 Å². The summed E-state index contributed by atoms with van der Waals surface area (Å²) in [7, 11) is -3.72. The molecule has 0 saturated carbocycles. The molecule has 31 heavy (non-hydrogen) atoms. The molecule has 1 aliphatic heterocycles. The van der Waals surface area contributed by atoms with E-state index < -0.39 is 10.0 Å². The van der Waals surface area contributed by atoms with Crippen LogP contribution in [0.4, 0.5) is 0 Å². The van der Waals surface area contributed by atoms with Crippen LogP contribution in [-0.4, -0.2) is 65.0 Å². The minimum absolute atomic E-state index is 0.110. The van der Waals surface area contributed by atoms with E-state index in [9.17, 15) is 22.8 Å². The number of aromatic nitrogens is 2. The molecule has 9 nitrogen and oxygen atoms in total. The van der Waals surface area contributed by atoms with Crippen LogP contribution in [0.2, 0.25) is 0 Å². The molecule has 0 atom stereocenters. The summed E-state index contributed by atoms with van der Waals surface area (Å²) in [5.41, 5.74) is 0.176. The lowest BCUT2D eigenvalue weighted by Crippen LogP contribution is -2.51. The molecule has 4 rings (SSSR count). The van der Waals surface area contributed by atoms with Crippen LogP contribution in [0.25, 0.3) is 10.2 Å². The van der Waals surface area contributed by atoms with Crippen molar-refractivity contribution in [2.75, 3.05) is 26.2 Å². The number of hydrogen-bond donors (Lipinski definition) is 0. The number of hydrogen-bond acceptors (Lipinski definition) is 7. The van der Waals surface area contributed by atoms with E-state index >= 15 is 0 Å². The molecule has 0 unspecified atom stereocenters. The van der Waals surface area contributed by atoms with E-state index in [-0.39, 0.29) is 54.9 Å². The van der Waals surface area contributed by atoms with Crippen LogP contribution < -0.4 is 5.56 Å². The Balaban J connectivity index is 1.41. The maximum atomic E-state index is 12.9. The summed E-state index contributed by atoms with van der Waals surface area (Å²) in [6, 6.07) is 7.51. The smallest absolute Gasteiger partial charge is 0.262 e. The highest BCUT2D eigenvalue weighted by molar-refractivity contribution is 7.89. The quantitative estimate of drug-likeness (QED) is 0.529. The first-order valence-corrected chi connectivity index (χ1v) is 11.9. The molecule has 0 aliphatic carbocycles. The summed E-state index contributed by atoms with van der Waals surface area (Å²) >= 11 is 1.36. The first-order chi connectivity index (χ1) is 14.8. The molecule has 0 spiro atoms. The van der Waals surface area contributed by atoms with Gasteiger partial charge in [-0.05, 0) is 30.5 Å². The van der Waals surface area contributed by atoms with Crippen molar-refractivity contribution < 1.29 is 18.0 Å². The maximum Gasteiger partial charge on any atom is 0.262 e. The lowest BCUT2D eigenvalue weighted by Gasteiger charge is -2.34. The van der Waals surface area contributed by atoms with E-state index in [2.05, 4.69) is 4.98 Å². The Morgan fingerprint density at radius 2 is 1.74 bits per heavy atom. The van der Waals surface area contributed by atoms with E-state index in [0.717, 1.165) is 0 Å². The normalized spacial score (nSPS) is 15.3. The van der Waals surface area contributed by atoms with Gasteiger partial charge in [-0.15, -0.1) is 11.3 Å². The molecular weight excluding hydrogens is 440 g/mol. The van der Waals surface area contributed by atoms with Crippen molar-refractivity contribution in [3.8, 4) is 0 Å². The van der Waals surface area contributed by atoms with Crippen molar-refractivity contribution in [3.05, 3.63) is 58.0 Å². The van der Waals surface area contributed by atoms with Gasteiger partial charge < -0.3 is 4.90 Å². The molecule has 1 aromatic carbocycles. The molecule has 1 aliphatic rings. The predicted octanol–water partition coefficient (Wildman–Crippen LogP) is 1.19. The number of piperazine rings is 1.